The van der Waals surface area contributed by atoms with Crippen LogP contribution in [0.5, 0.6) is 0 Å². The molecule has 0 saturated heterocycles. The number of aromatic nitrogens is 1. The Morgan fingerprint density at radius 3 is 2.82 bits per heavy atom. The van der Waals surface area contributed by atoms with Crippen molar-refractivity contribution in [1.29, 1.82) is 0 Å². The van der Waals surface area contributed by atoms with Gasteiger partial charge in [-0.2, -0.15) is 0 Å². The van der Waals surface area contributed by atoms with Crippen LogP contribution in [0.25, 0.3) is 0 Å². The van der Waals surface area contributed by atoms with Gasteiger partial charge in [0, 0.05) is 21.7 Å². The molecule has 17 heavy (non-hydrogen) atoms. The zero-order valence-electron chi connectivity index (χ0n) is 9.66. The predicted octanol–water partition coefficient (Wildman–Crippen LogP) is 3.84. The molecule has 0 atom stereocenters. The Morgan fingerprint density at radius 2 is 2.18 bits per heavy atom. The van der Waals surface area contributed by atoms with Crippen molar-refractivity contribution in [2.45, 2.75) is 20.3 Å². The summed E-state index contributed by atoms with van der Waals surface area (Å²) in [4.78, 5) is 16.4. The first-order valence-corrected chi connectivity index (χ1v) is 6.52. The minimum atomic E-state index is 0.0688. The number of carbonyl (C=O) groups excluding carboxylic acids is 1. The van der Waals surface area contributed by atoms with Gasteiger partial charge in [0.2, 0.25) is 0 Å². The van der Waals surface area contributed by atoms with E-state index in [0.717, 1.165) is 16.3 Å². The van der Waals surface area contributed by atoms with E-state index in [1.54, 1.807) is 12.1 Å². The van der Waals surface area contributed by atoms with Gasteiger partial charge in [-0.25, -0.2) is 4.98 Å². The van der Waals surface area contributed by atoms with Crippen molar-refractivity contribution in [3.05, 3.63) is 50.4 Å². The minimum Gasteiger partial charge on any atom is -0.294 e. The zero-order valence-corrected chi connectivity index (χ0v) is 11.2. The highest BCUT2D eigenvalue weighted by Crippen LogP contribution is 2.18. The molecule has 0 N–H and O–H groups in total. The third kappa shape index (κ3) is 2.93. The number of thiazole rings is 1. The topological polar surface area (TPSA) is 30.0 Å². The van der Waals surface area contributed by atoms with Gasteiger partial charge in [0.15, 0.2) is 5.78 Å². The second-order valence-electron chi connectivity index (χ2n) is 3.94. The molecular formula is C13H12ClNOS. The maximum atomic E-state index is 12.1. The van der Waals surface area contributed by atoms with Gasteiger partial charge in [0.05, 0.1) is 6.42 Å². The van der Waals surface area contributed by atoms with E-state index in [1.165, 1.54) is 11.3 Å². The minimum absolute atomic E-state index is 0.0688. The molecule has 0 radical (unpaired) electrons. The normalized spacial score (nSPS) is 10.5. The maximum Gasteiger partial charge on any atom is 0.169 e. The van der Waals surface area contributed by atoms with Crippen molar-refractivity contribution >= 4 is 28.7 Å². The number of benzene rings is 1. The summed E-state index contributed by atoms with van der Waals surface area (Å²) in [5, 5.41) is 3.40. The van der Waals surface area contributed by atoms with Crippen molar-refractivity contribution < 1.29 is 4.79 Å². The van der Waals surface area contributed by atoms with Crippen LogP contribution in [-0.2, 0) is 6.42 Å². The Labute approximate surface area is 109 Å². The van der Waals surface area contributed by atoms with E-state index in [2.05, 4.69) is 4.98 Å². The smallest absolute Gasteiger partial charge is 0.169 e. The molecule has 2 rings (SSSR count). The van der Waals surface area contributed by atoms with E-state index < -0.39 is 0 Å². The van der Waals surface area contributed by atoms with E-state index in [9.17, 15) is 4.79 Å². The Kier molecular flexibility index (Phi) is 3.60. The van der Waals surface area contributed by atoms with Crippen LogP contribution in [-0.4, -0.2) is 10.8 Å². The molecule has 88 valence electrons. The summed E-state index contributed by atoms with van der Waals surface area (Å²) >= 11 is 7.42. The lowest BCUT2D eigenvalue weighted by atomic mass is 10.0. The van der Waals surface area contributed by atoms with Crippen LogP contribution in [0.4, 0.5) is 0 Å². The number of rotatable bonds is 3. The molecule has 1 aromatic heterocycles. The standard InChI is InChI=1S/C13H12ClNOS/c1-8-3-4-10(14)5-11(8)12(16)6-13-15-9(2)7-17-13/h3-5,7H,6H2,1-2H3. The third-order valence-corrected chi connectivity index (χ3v) is 3.68. The Balaban J connectivity index is 2.22. The molecule has 2 aromatic rings. The molecular weight excluding hydrogens is 254 g/mol. The SMILES string of the molecule is Cc1csc(CC(=O)c2cc(Cl)ccc2C)n1. The molecule has 0 fully saturated rings. The average Bonchev–Trinajstić information content (AvgIpc) is 2.67. The van der Waals surface area contributed by atoms with Gasteiger partial charge in [0.1, 0.15) is 5.01 Å². The van der Waals surface area contributed by atoms with Crippen LogP contribution in [0.3, 0.4) is 0 Å². The molecule has 0 saturated carbocycles. The lowest BCUT2D eigenvalue weighted by Crippen LogP contribution is -2.05. The Hall–Kier alpha value is -1.19. The van der Waals surface area contributed by atoms with Crippen LogP contribution >= 0.6 is 22.9 Å². The van der Waals surface area contributed by atoms with Gasteiger partial charge in [-0.05, 0) is 31.5 Å². The van der Waals surface area contributed by atoms with Crippen LogP contribution in [0.15, 0.2) is 23.6 Å². The summed E-state index contributed by atoms with van der Waals surface area (Å²) < 4.78 is 0. The number of halogens is 1. The summed E-state index contributed by atoms with van der Waals surface area (Å²) in [6, 6.07) is 5.38. The summed E-state index contributed by atoms with van der Waals surface area (Å²) in [5.41, 5.74) is 2.60. The average molecular weight is 266 g/mol. The first kappa shape index (κ1) is 12.3. The van der Waals surface area contributed by atoms with E-state index >= 15 is 0 Å². The fourth-order valence-electron chi connectivity index (χ4n) is 1.61. The lowest BCUT2D eigenvalue weighted by molar-refractivity contribution is 0.0992. The first-order valence-electron chi connectivity index (χ1n) is 5.26. The van der Waals surface area contributed by atoms with Gasteiger partial charge < -0.3 is 0 Å². The Morgan fingerprint density at radius 1 is 1.41 bits per heavy atom. The first-order chi connectivity index (χ1) is 8.06. The summed E-state index contributed by atoms with van der Waals surface area (Å²) in [5.74, 6) is 0.0688. The van der Waals surface area contributed by atoms with Crippen molar-refractivity contribution in [2.24, 2.45) is 0 Å². The number of hydrogen-bond acceptors (Lipinski definition) is 3. The molecule has 0 bridgehead atoms. The summed E-state index contributed by atoms with van der Waals surface area (Å²) in [7, 11) is 0. The highest BCUT2D eigenvalue weighted by Gasteiger charge is 2.12. The number of carbonyl (C=O) groups is 1. The maximum absolute atomic E-state index is 12.1. The lowest BCUT2D eigenvalue weighted by Gasteiger charge is -2.04. The molecule has 1 aromatic carbocycles. The van der Waals surface area contributed by atoms with Crippen molar-refractivity contribution in [1.82, 2.24) is 4.98 Å². The second kappa shape index (κ2) is 4.98. The molecule has 0 aliphatic rings. The second-order valence-corrected chi connectivity index (χ2v) is 5.32. The largest absolute Gasteiger partial charge is 0.294 e. The molecule has 0 unspecified atom stereocenters. The van der Waals surface area contributed by atoms with Crippen molar-refractivity contribution in [2.75, 3.05) is 0 Å². The highest BCUT2D eigenvalue weighted by atomic mass is 35.5. The summed E-state index contributed by atoms with van der Waals surface area (Å²) in [6.07, 6.45) is 0.347. The van der Waals surface area contributed by atoms with E-state index in [1.807, 2.05) is 25.3 Å². The Bertz CT molecular complexity index is 562. The zero-order chi connectivity index (χ0) is 12.4. The number of ketones is 1. The van der Waals surface area contributed by atoms with Gasteiger partial charge >= 0.3 is 0 Å². The highest BCUT2D eigenvalue weighted by molar-refractivity contribution is 7.09. The van der Waals surface area contributed by atoms with E-state index in [0.29, 0.717) is 17.0 Å². The molecule has 0 amide bonds. The van der Waals surface area contributed by atoms with Gasteiger partial charge in [0.25, 0.3) is 0 Å². The van der Waals surface area contributed by atoms with Gasteiger partial charge in [-0.1, -0.05) is 17.7 Å². The predicted molar refractivity (Wildman–Crippen MR) is 71.1 cm³/mol. The van der Waals surface area contributed by atoms with Gasteiger partial charge in [-0.15, -0.1) is 11.3 Å². The van der Waals surface area contributed by atoms with Crippen LogP contribution in [0, 0.1) is 13.8 Å². The van der Waals surface area contributed by atoms with Crippen LogP contribution in [0.1, 0.15) is 26.6 Å². The quantitative estimate of drug-likeness (QED) is 0.790. The molecule has 0 spiro atoms. The number of aryl methyl sites for hydroxylation is 2. The molecule has 0 aliphatic heterocycles. The monoisotopic (exact) mass is 265 g/mol. The molecule has 1 heterocycles. The van der Waals surface area contributed by atoms with E-state index in [-0.39, 0.29) is 5.78 Å². The fraction of sp³-hybridized carbons (Fsp3) is 0.231. The molecule has 0 aliphatic carbocycles. The fourth-order valence-corrected chi connectivity index (χ4v) is 2.55. The molecule has 4 heteroatoms. The van der Waals surface area contributed by atoms with Gasteiger partial charge in [-0.3, -0.25) is 4.79 Å². The van der Waals surface area contributed by atoms with E-state index in [4.69, 9.17) is 11.6 Å². The third-order valence-electron chi connectivity index (χ3n) is 2.48. The van der Waals surface area contributed by atoms with Crippen LogP contribution in [0.2, 0.25) is 5.02 Å². The summed E-state index contributed by atoms with van der Waals surface area (Å²) in [6.45, 7) is 3.84. The number of nitrogens with zero attached hydrogens (tertiary/aromatic N) is 1. The van der Waals surface area contributed by atoms with Crippen molar-refractivity contribution in [3.8, 4) is 0 Å². The van der Waals surface area contributed by atoms with Crippen LogP contribution < -0.4 is 0 Å². The number of Topliss-reactive ketones (excluding diaryl/α,β-unsaturated/α-hetero) is 1. The molecule has 2 nitrogen and oxygen atoms in total. The van der Waals surface area contributed by atoms with Crippen molar-refractivity contribution in [3.63, 3.8) is 0 Å². The number of hydrogen-bond donors (Lipinski definition) is 0.